The van der Waals surface area contributed by atoms with E-state index in [-0.39, 0.29) is 6.09 Å². The second-order valence-electron chi connectivity index (χ2n) is 6.14. The Bertz CT molecular complexity index is 430. The lowest BCUT2D eigenvalue weighted by Gasteiger charge is -2.46. The molecule has 0 bridgehead atoms. The quantitative estimate of drug-likeness (QED) is 0.928. The van der Waals surface area contributed by atoms with Gasteiger partial charge in [0.1, 0.15) is 11.2 Å². The first-order valence-electron chi connectivity index (χ1n) is 6.50. The molecule has 2 heterocycles. The van der Waals surface area contributed by atoms with Crippen LogP contribution in [0.1, 0.15) is 32.1 Å². The van der Waals surface area contributed by atoms with Crippen molar-refractivity contribution in [3.05, 3.63) is 22.4 Å². The predicted octanol–water partition coefficient (Wildman–Crippen LogP) is 2.66. The molecule has 19 heavy (non-hydrogen) atoms. The summed E-state index contributed by atoms with van der Waals surface area (Å²) in [7, 11) is 0. The minimum absolute atomic E-state index is 0.340. The minimum atomic E-state index is -0.749. The molecule has 1 aromatic rings. The Balaban J connectivity index is 1.76. The number of thiophene rings is 1. The first-order chi connectivity index (χ1) is 8.77. The van der Waals surface area contributed by atoms with Crippen LogP contribution in [0, 0.1) is 0 Å². The van der Waals surface area contributed by atoms with Crippen LogP contribution >= 0.6 is 11.3 Å². The molecule has 1 N–H and O–H groups in total. The van der Waals surface area contributed by atoms with Crippen LogP contribution in [0.5, 0.6) is 0 Å². The van der Waals surface area contributed by atoms with E-state index in [0.29, 0.717) is 19.5 Å². The van der Waals surface area contributed by atoms with Crippen molar-refractivity contribution >= 4 is 17.4 Å². The number of nitrogens with zero attached hydrogens (tertiary/aromatic N) is 1. The second kappa shape index (κ2) is 5.13. The topological polar surface area (TPSA) is 49.8 Å². The number of likely N-dealkylation sites (tertiary alicyclic amines) is 1. The summed E-state index contributed by atoms with van der Waals surface area (Å²) in [4.78, 5) is 14.6. The molecule has 0 aliphatic carbocycles. The van der Waals surface area contributed by atoms with Gasteiger partial charge in [0.25, 0.3) is 0 Å². The second-order valence-corrected chi connectivity index (χ2v) is 7.17. The van der Waals surface area contributed by atoms with E-state index in [1.54, 1.807) is 16.2 Å². The van der Waals surface area contributed by atoms with Crippen LogP contribution in [0.3, 0.4) is 0 Å². The van der Waals surface area contributed by atoms with E-state index >= 15 is 0 Å². The third-order valence-corrected chi connectivity index (χ3v) is 3.98. The lowest BCUT2D eigenvalue weighted by molar-refractivity contribution is -0.102. The number of rotatable bonds is 3. The highest BCUT2D eigenvalue weighted by Crippen LogP contribution is 2.28. The van der Waals surface area contributed by atoms with E-state index in [9.17, 15) is 9.90 Å². The van der Waals surface area contributed by atoms with Gasteiger partial charge < -0.3 is 14.7 Å². The molecular formula is C14H21NO3S. The van der Waals surface area contributed by atoms with E-state index in [4.69, 9.17) is 4.74 Å². The maximum atomic E-state index is 11.8. The van der Waals surface area contributed by atoms with Gasteiger partial charge >= 0.3 is 6.09 Å². The van der Waals surface area contributed by atoms with Crippen LogP contribution in [0.15, 0.2) is 17.5 Å². The lowest BCUT2D eigenvalue weighted by atomic mass is 9.89. The first kappa shape index (κ1) is 14.3. The van der Waals surface area contributed by atoms with Crippen molar-refractivity contribution in [3.63, 3.8) is 0 Å². The van der Waals surface area contributed by atoms with Gasteiger partial charge in [-0.05, 0) is 45.1 Å². The van der Waals surface area contributed by atoms with Gasteiger partial charge in [-0.2, -0.15) is 0 Å². The molecule has 1 aliphatic rings. The summed E-state index contributed by atoms with van der Waals surface area (Å²) in [6.07, 6.45) is 1.21. The number of carbonyl (C=O) groups excluding carboxylic acids is 1. The van der Waals surface area contributed by atoms with E-state index in [1.165, 1.54) is 4.88 Å². The molecule has 0 atom stereocenters. The zero-order valence-electron chi connectivity index (χ0n) is 11.7. The fourth-order valence-electron chi connectivity index (χ4n) is 2.09. The largest absolute Gasteiger partial charge is 0.444 e. The van der Waals surface area contributed by atoms with E-state index in [2.05, 4.69) is 6.07 Å². The highest BCUT2D eigenvalue weighted by atomic mass is 32.1. The Hall–Kier alpha value is -1.07. The lowest BCUT2D eigenvalue weighted by Crippen LogP contribution is -2.64. The molecule has 4 nitrogen and oxygen atoms in total. The molecule has 1 saturated heterocycles. The van der Waals surface area contributed by atoms with Gasteiger partial charge in [0, 0.05) is 4.88 Å². The Morgan fingerprint density at radius 3 is 2.74 bits per heavy atom. The number of aryl methyl sites for hydroxylation is 1. The Morgan fingerprint density at radius 1 is 1.53 bits per heavy atom. The average Bonchev–Trinajstić information content (AvgIpc) is 2.72. The summed E-state index contributed by atoms with van der Waals surface area (Å²) in [5, 5.41) is 12.3. The minimum Gasteiger partial charge on any atom is -0.444 e. The molecule has 1 aromatic heterocycles. The monoisotopic (exact) mass is 283 g/mol. The summed E-state index contributed by atoms with van der Waals surface area (Å²) < 4.78 is 5.26. The van der Waals surface area contributed by atoms with Gasteiger partial charge in [-0.15, -0.1) is 11.3 Å². The van der Waals surface area contributed by atoms with Crippen molar-refractivity contribution in [1.29, 1.82) is 0 Å². The molecule has 0 radical (unpaired) electrons. The fourth-order valence-corrected chi connectivity index (χ4v) is 2.80. The number of hydrogen-bond acceptors (Lipinski definition) is 4. The molecule has 1 fully saturated rings. The molecule has 5 heteroatoms. The highest BCUT2D eigenvalue weighted by molar-refractivity contribution is 7.09. The molecule has 1 amide bonds. The molecule has 2 rings (SSSR count). The van der Waals surface area contributed by atoms with Crippen molar-refractivity contribution in [1.82, 2.24) is 4.90 Å². The van der Waals surface area contributed by atoms with Gasteiger partial charge in [-0.3, -0.25) is 0 Å². The highest BCUT2D eigenvalue weighted by Gasteiger charge is 2.44. The zero-order valence-corrected chi connectivity index (χ0v) is 12.5. The van der Waals surface area contributed by atoms with Crippen molar-refractivity contribution in [2.24, 2.45) is 0 Å². The summed E-state index contributed by atoms with van der Waals surface area (Å²) in [5.74, 6) is 0. The van der Waals surface area contributed by atoms with Crippen LogP contribution in [-0.4, -0.2) is 40.4 Å². The summed E-state index contributed by atoms with van der Waals surface area (Å²) in [6, 6.07) is 4.08. The SMILES string of the molecule is CC(C)(C)OC(=O)N1CC(O)(CCc2cccs2)C1. The molecule has 1 aliphatic heterocycles. The zero-order chi connectivity index (χ0) is 14.1. The standard InChI is InChI=1S/C14H21NO3S/c1-13(2,3)18-12(16)15-9-14(17,10-15)7-6-11-5-4-8-19-11/h4-5,8,17H,6-7,9-10H2,1-3H3. The predicted molar refractivity (Wildman–Crippen MR) is 75.4 cm³/mol. The molecule has 106 valence electrons. The third kappa shape index (κ3) is 3.94. The smallest absolute Gasteiger partial charge is 0.410 e. The van der Waals surface area contributed by atoms with Crippen LogP contribution < -0.4 is 0 Å². The normalized spacial score (nSPS) is 18.0. The molecular weight excluding hydrogens is 262 g/mol. The van der Waals surface area contributed by atoms with Crippen molar-refractivity contribution in [3.8, 4) is 0 Å². The average molecular weight is 283 g/mol. The summed E-state index contributed by atoms with van der Waals surface area (Å²) >= 11 is 1.70. The van der Waals surface area contributed by atoms with E-state index in [1.807, 2.05) is 32.2 Å². The number of amides is 1. The first-order valence-corrected chi connectivity index (χ1v) is 7.38. The number of ether oxygens (including phenoxy) is 1. The van der Waals surface area contributed by atoms with Crippen molar-refractivity contribution in [2.45, 2.75) is 44.8 Å². The maximum absolute atomic E-state index is 11.8. The van der Waals surface area contributed by atoms with Crippen molar-refractivity contribution in [2.75, 3.05) is 13.1 Å². The maximum Gasteiger partial charge on any atom is 0.410 e. The summed E-state index contributed by atoms with van der Waals surface area (Å²) in [5.41, 5.74) is -1.23. The number of β-amino-alcohol motifs (C(OH)–C–C–N with tert-alkyl or cyclic N) is 1. The number of hydrogen-bond donors (Lipinski definition) is 1. The van der Waals surface area contributed by atoms with Crippen molar-refractivity contribution < 1.29 is 14.6 Å². The molecule has 0 unspecified atom stereocenters. The van der Waals surface area contributed by atoms with Gasteiger partial charge in [-0.1, -0.05) is 6.07 Å². The third-order valence-electron chi connectivity index (χ3n) is 3.04. The Kier molecular flexibility index (Phi) is 3.87. The van der Waals surface area contributed by atoms with Gasteiger partial charge in [-0.25, -0.2) is 4.79 Å². The molecule has 0 spiro atoms. The Morgan fingerprint density at radius 2 is 2.21 bits per heavy atom. The molecule has 0 aromatic carbocycles. The van der Waals surface area contributed by atoms with Crippen LogP contribution in [0.25, 0.3) is 0 Å². The van der Waals surface area contributed by atoms with Gasteiger partial charge in [0.05, 0.1) is 13.1 Å². The fraction of sp³-hybridized carbons (Fsp3) is 0.643. The van der Waals surface area contributed by atoms with E-state index in [0.717, 1.165) is 6.42 Å². The summed E-state index contributed by atoms with van der Waals surface area (Å²) in [6.45, 7) is 6.26. The number of aliphatic hydroxyl groups is 1. The van der Waals surface area contributed by atoms with Crippen LogP contribution in [0.2, 0.25) is 0 Å². The van der Waals surface area contributed by atoms with E-state index < -0.39 is 11.2 Å². The Labute approximate surface area is 118 Å². The van der Waals surface area contributed by atoms with Crippen LogP contribution in [0.4, 0.5) is 4.79 Å². The van der Waals surface area contributed by atoms with Gasteiger partial charge in [0.15, 0.2) is 0 Å². The molecule has 0 saturated carbocycles. The number of carbonyl (C=O) groups is 1. The van der Waals surface area contributed by atoms with Crippen LogP contribution in [-0.2, 0) is 11.2 Å². The van der Waals surface area contributed by atoms with Gasteiger partial charge in [0.2, 0.25) is 0 Å².